The normalized spacial score (nSPS) is 17.5. The summed E-state index contributed by atoms with van der Waals surface area (Å²) in [6, 6.07) is -0.611. The molecule has 2 unspecified atom stereocenters. The summed E-state index contributed by atoms with van der Waals surface area (Å²) in [6.45, 7) is 6.07. The monoisotopic (exact) mass is 331 g/mol. The lowest BCUT2D eigenvalue weighted by Crippen LogP contribution is -2.42. The predicted molar refractivity (Wildman–Crippen MR) is 84.3 cm³/mol. The van der Waals surface area contributed by atoms with Gasteiger partial charge in [0.2, 0.25) is 6.29 Å². The van der Waals surface area contributed by atoms with Crippen molar-refractivity contribution in [1.82, 2.24) is 0 Å². The standard InChI is InChI=1S/C14H25NO4.C2H4O2/c1-9(2)13(16)18-10(3)19-14(17)12(15)11-7-5-4-6-8-11;1-2(3)4/h9-12H,4-8,15H2,1-3H3;1H3,(H,3,4). The van der Waals surface area contributed by atoms with Gasteiger partial charge in [0.15, 0.2) is 0 Å². The lowest BCUT2D eigenvalue weighted by Gasteiger charge is -2.27. The molecule has 1 aliphatic carbocycles. The first-order valence-corrected chi connectivity index (χ1v) is 8.01. The van der Waals surface area contributed by atoms with Crippen LogP contribution in [0.2, 0.25) is 0 Å². The molecule has 0 radical (unpaired) electrons. The van der Waals surface area contributed by atoms with Gasteiger partial charge in [0, 0.05) is 13.8 Å². The number of aliphatic carboxylic acids is 1. The number of carbonyl (C=O) groups is 3. The number of hydrogen-bond acceptors (Lipinski definition) is 6. The van der Waals surface area contributed by atoms with E-state index in [-0.39, 0.29) is 17.8 Å². The molecule has 1 rings (SSSR count). The van der Waals surface area contributed by atoms with Gasteiger partial charge in [-0.2, -0.15) is 0 Å². The second kappa shape index (κ2) is 11.0. The van der Waals surface area contributed by atoms with Gasteiger partial charge in [-0.25, -0.2) is 0 Å². The smallest absolute Gasteiger partial charge is 0.326 e. The molecule has 0 spiro atoms. The lowest BCUT2D eigenvalue weighted by molar-refractivity contribution is -0.188. The Kier molecular flexibility index (Phi) is 10.2. The van der Waals surface area contributed by atoms with Crippen LogP contribution < -0.4 is 5.73 Å². The number of nitrogens with two attached hydrogens (primary N) is 1. The minimum Gasteiger partial charge on any atom is -0.481 e. The second-order valence-corrected chi connectivity index (χ2v) is 6.04. The Morgan fingerprint density at radius 1 is 1.00 bits per heavy atom. The zero-order valence-electron chi connectivity index (χ0n) is 14.4. The highest BCUT2D eigenvalue weighted by Crippen LogP contribution is 2.26. The fourth-order valence-electron chi connectivity index (χ4n) is 2.25. The quantitative estimate of drug-likeness (QED) is 0.585. The van der Waals surface area contributed by atoms with Crippen LogP contribution in [0.1, 0.15) is 59.8 Å². The molecule has 0 bridgehead atoms. The van der Waals surface area contributed by atoms with Crippen LogP contribution in [0.15, 0.2) is 0 Å². The number of hydrogen-bond donors (Lipinski definition) is 2. The highest BCUT2D eigenvalue weighted by molar-refractivity contribution is 5.76. The summed E-state index contributed by atoms with van der Waals surface area (Å²) < 4.78 is 10.1. The Labute approximate surface area is 137 Å². The maximum atomic E-state index is 11.9. The van der Waals surface area contributed by atoms with Crippen molar-refractivity contribution in [2.45, 2.75) is 72.1 Å². The van der Waals surface area contributed by atoms with E-state index in [1.165, 1.54) is 13.3 Å². The number of carboxylic acid groups (broad SMARTS) is 1. The van der Waals surface area contributed by atoms with Crippen molar-refractivity contribution in [2.75, 3.05) is 0 Å². The number of carbonyl (C=O) groups excluding carboxylic acids is 2. The maximum Gasteiger partial charge on any atom is 0.326 e. The molecular formula is C16H29NO6. The van der Waals surface area contributed by atoms with E-state index in [9.17, 15) is 9.59 Å². The largest absolute Gasteiger partial charge is 0.481 e. The first-order valence-electron chi connectivity index (χ1n) is 8.01. The van der Waals surface area contributed by atoms with Gasteiger partial charge in [-0.3, -0.25) is 14.4 Å². The molecule has 3 N–H and O–H groups in total. The molecule has 0 amide bonds. The molecule has 0 heterocycles. The van der Waals surface area contributed by atoms with Crippen LogP contribution in [0.5, 0.6) is 0 Å². The van der Waals surface area contributed by atoms with Crippen molar-refractivity contribution < 1.29 is 29.0 Å². The zero-order valence-corrected chi connectivity index (χ0v) is 14.4. The van der Waals surface area contributed by atoms with Crippen molar-refractivity contribution in [3.8, 4) is 0 Å². The molecule has 0 saturated heterocycles. The molecule has 1 fully saturated rings. The van der Waals surface area contributed by atoms with Crippen LogP contribution in [0.25, 0.3) is 0 Å². The topological polar surface area (TPSA) is 116 Å². The van der Waals surface area contributed by atoms with Crippen molar-refractivity contribution in [3.63, 3.8) is 0 Å². The second-order valence-electron chi connectivity index (χ2n) is 6.04. The van der Waals surface area contributed by atoms with Crippen LogP contribution in [0.3, 0.4) is 0 Å². The Morgan fingerprint density at radius 2 is 1.43 bits per heavy atom. The molecule has 1 aliphatic rings. The predicted octanol–water partition coefficient (Wildman–Crippen LogP) is 2.07. The highest BCUT2D eigenvalue weighted by atomic mass is 16.7. The van der Waals surface area contributed by atoms with E-state index in [1.807, 2.05) is 0 Å². The summed E-state index contributed by atoms with van der Waals surface area (Å²) in [4.78, 5) is 32.2. The summed E-state index contributed by atoms with van der Waals surface area (Å²) in [5.74, 6) is -1.75. The average molecular weight is 331 g/mol. The highest BCUT2D eigenvalue weighted by Gasteiger charge is 2.29. The summed E-state index contributed by atoms with van der Waals surface area (Å²) >= 11 is 0. The number of carboxylic acids is 1. The van der Waals surface area contributed by atoms with Gasteiger partial charge in [0.1, 0.15) is 6.04 Å². The van der Waals surface area contributed by atoms with Gasteiger partial charge in [0.25, 0.3) is 5.97 Å². The van der Waals surface area contributed by atoms with E-state index >= 15 is 0 Å². The molecule has 0 aromatic heterocycles. The van der Waals surface area contributed by atoms with E-state index in [0.29, 0.717) is 0 Å². The minimum atomic E-state index is -0.878. The first-order chi connectivity index (χ1) is 10.6. The molecule has 2 atom stereocenters. The number of rotatable bonds is 5. The summed E-state index contributed by atoms with van der Waals surface area (Å²) in [7, 11) is 0. The van der Waals surface area contributed by atoms with E-state index in [0.717, 1.165) is 32.6 Å². The molecule has 0 aromatic rings. The van der Waals surface area contributed by atoms with Crippen LogP contribution in [0.4, 0.5) is 0 Å². The summed E-state index contributed by atoms with van der Waals surface area (Å²) in [5, 5.41) is 7.42. The van der Waals surface area contributed by atoms with Crippen LogP contribution in [-0.4, -0.2) is 35.3 Å². The van der Waals surface area contributed by atoms with Gasteiger partial charge in [-0.1, -0.05) is 33.1 Å². The van der Waals surface area contributed by atoms with E-state index in [4.69, 9.17) is 25.1 Å². The fraction of sp³-hybridized carbons (Fsp3) is 0.812. The van der Waals surface area contributed by atoms with Crippen molar-refractivity contribution in [1.29, 1.82) is 0 Å². The van der Waals surface area contributed by atoms with Crippen molar-refractivity contribution >= 4 is 17.9 Å². The summed E-state index contributed by atoms with van der Waals surface area (Å²) in [5.41, 5.74) is 5.92. The molecular weight excluding hydrogens is 302 g/mol. The summed E-state index contributed by atoms with van der Waals surface area (Å²) in [6.07, 6.45) is 4.50. The maximum absolute atomic E-state index is 11.9. The van der Waals surface area contributed by atoms with Gasteiger partial charge < -0.3 is 20.3 Å². The fourth-order valence-corrected chi connectivity index (χ4v) is 2.25. The Balaban J connectivity index is 0.00000108. The van der Waals surface area contributed by atoms with Gasteiger partial charge >= 0.3 is 11.9 Å². The van der Waals surface area contributed by atoms with E-state index < -0.39 is 24.3 Å². The van der Waals surface area contributed by atoms with E-state index in [2.05, 4.69) is 0 Å². The SMILES string of the molecule is CC(=O)O.CC(OC(=O)C(C)C)OC(=O)C(N)C1CCCCC1. The first kappa shape index (κ1) is 21.4. The van der Waals surface area contributed by atoms with E-state index in [1.54, 1.807) is 13.8 Å². The average Bonchev–Trinajstić information content (AvgIpc) is 2.46. The van der Waals surface area contributed by atoms with Gasteiger partial charge in [-0.15, -0.1) is 0 Å². The molecule has 0 aliphatic heterocycles. The Hall–Kier alpha value is -1.63. The van der Waals surface area contributed by atoms with Crippen molar-refractivity contribution in [2.24, 2.45) is 17.6 Å². The third-order valence-corrected chi connectivity index (χ3v) is 3.47. The Bertz CT molecular complexity index is 386. The molecule has 7 heteroatoms. The minimum absolute atomic E-state index is 0.189. The third-order valence-electron chi connectivity index (χ3n) is 3.47. The van der Waals surface area contributed by atoms with Crippen molar-refractivity contribution in [3.05, 3.63) is 0 Å². The molecule has 0 aromatic carbocycles. The molecule has 1 saturated carbocycles. The van der Waals surface area contributed by atoms with Crippen LogP contribution >= 0.6 is 0 Å². The van der Waals surface area contributed by atoms with Gasteiger partial charge in [-0.05, 0) is 18.8 Å². The number of ether oxygens (including phenoxy) is 2. The Morgan fingerprint density at radius 3 is 1.87 bits per heavy atom. The third kappa shape index (κ3) is 9.89. The lowest BCUT2D eigenvalue weighted by atomic mass is 9.84. The van der Waals surface area contributed by atoms with Crippen LogP contribution in [-0.2, 0) is 23.9 Å². The van der Waals surface area contributed by atoms with Crippen LogP contribution in [0, 0.1) is 11.8 Å². The zero-order chi connectivity index (χ0) is 18.0. The van der Waals surface area contributed by atoms with Gasteiger partial charge in [0.05, 0.1) is 5.92 Å². The molecule has 7 nitrogen and oxygen atoms in total. The number of esters is 2. The molecule has 134 valence electrons. The molecule has 23 heavy (non-hydrogen) atoms.